The fraction of sp³-hybridized carbons (Fsp3) is 0.130. The van der Waals surface area contributed by atoms with Gasteiger partial charge in [0.1, 0.15) is 11.5 Å². The smallest absolute Gasteiger partial charge is 0.416 e. The minimum Gasteiger partial charge on any atom is -0.456 e. The normalized spacial score (nSPS) is 12.5. The molecule has 1 N–H and O–H groups in total. The third kappa shape index (κ3) is 4.69. The molecular formula is C23H17F3N2O2S. The van der Waals surface area contributed by atoms with Gasteiger partial charge < -0.3 is 10.1 Å². The molecule has 1 unspecified atom stereocenters. The zero-order valence-corrected chi connectivity index (χ0v) is 17.1. The molecule has 4 aromatic rings. The summed E-state index contributed by atoms with van der Waals surface area (Å²) in [5, 5.41) is 3.73. The molecule has 1 atom stereocenters. The summed E-state index contributed by atoms with van der Waals surface area (Å²) in [6.45, 7) is 1.85. The van der Waals surface area contributed by atoms with Crippen LogP contribution in [-0.4, -0.2) is 10.9 Å². The van der Waals surface area contributed by atoms with E-state index < -0.39 is 11.7 Å². The quantitative estimate of drug-likeness (QED) is 0.379. The fourth-order valence-electron chi connectivity index (χ4n) is 3.04. The van der Waals surface area contributed by atoms with Crippen molar-refractivity contribution in [2.75, 3.05) is 0 Å². The number of rotatable bonds is 5. The van der Waals surface area contributed by atoms with Crippen molar-refractivity contribution in [3.05, 3.63) is 89.1 Å². The number of alkyl halides is 3. The van der Waals surface area contributed by atoms with Crippen LogP contribution in [0.15, 0.2) is 72.9 Å². The second-order valence-electron chi connectivity index (χ2n) is 6.86. The summed E-state index contributed by atoms with van der Waals surface area (Å²) in [7, 11) is 0. The van der Waals surface area contributed by atoms with E-state index in [4.69, 9.17) is 4.74 Å². The van der Waals surface area contributed by atoms with Gasteiger partial charge in [-0.2, -0.15) is 13.2 Å². The Hall–Kier alpha value is -3.39. The number of nitrogens with one attached hydrogen (secondary N) is 1. The lowest BCUT2D eigenvalue weighted by Crippen LogP contribution is -2.26. The molecule has 158 valence electrons. The molecule has 4 rings (SSSR count). The van der Waals surface area contributed by atoms with Crippen LogP contribution in [0.3, 0.4) is 0 Å². The number of benzene rings is 2. The number of ether oxygens (including phenoxy) is 1. The maximum Gasteiger partial charge on any atom is 0.416 e. The average molecular weight is 442 g/mol. The number of fused-ring (bicyclic) bond motifs is 1. The Morgan fingerprint density at radius 3 is 2.52 bits per heavy atom. The van der Waals surface area contributed by atoms with Gasteiger partial charge in [0.15, 0.2) is 0 Å². The number of hydrogen-bond acceptors (Lipinski definition) is 4. The Kier molecular flexibility index (Phi) is 5.65. The van der Waals surface area contributed by atoms with Crippen molar-refractivity contribution in [3.8, 4) is 11.5 Å². The summed E-state index contributed by atoms with van der Waals surface area (Å²) in [5.41, 5.74) is 0.0125. The van der Waals surface area contributed by atoms with Crippen molar-refractivity contribution in [3.63, 3.8) is 0 Å². The van der Waals surface area contributed by atoms with Gasteiger partial charge in [0.05, 0.1) is 26.9 Å². The highest BCUT2D eigenvalue weighted by Crippen LogP contribution is 2.37. The monoisotopic (exact) mass is 442 g/mol. The molecule has 0 saturated heterocycles. The lowest BCUT2D eigenvalue weighted by Gasteiger charge is -2.12. The highest BCUT2D eigenvalue weighted by Gasteiger charge is 2.30. The van der Waals surface area contributed by atoms with E-state index in [2.05, 4.69) is 10.3 Å². The van der Waals surface area contributed by atoms with Crippen LogP contribution in [0.2, 0.25) is 0 Å². The van der Waals surface area contributed by atoms with Gasteiger partial charge in [0.25, 0.3) is 5.91 Å². The zero-order chi connectivity index (χ0) is 22.0. The number of thiophene rings is 1. The van der Waals surface area contributed by atoms with Gasteiger partial charge in [0.2, 0.25) is 0 Å². The molecule has 0 radical (unpaired) electrons. The maximum atomic E-state index is 12.8. The number of carbonyl (C=O) groups is 1. The first kappa shape index (κ1) is 20.9. The predicted octanol–water partition coefficient (Wildman–Crippen LogP) is 6.60. The van der Waals surface area contributed by atoms with Crippen LogP contribution in [-0.2, 0) is 6.18 Å². The fourth-order valence-corrected chi connectivity index (χ4v) is 4.05. The predicted molar refractivity (Wildman–Crippen MR) is 113 cm³/mol. The third-order valence-corrected chi connectivity index (χ3v) is 5.78. The SMILES string of the molecule is CC(NC(=O)c1cc2cccc(Oc3ccc(C(F)(F)F)cc3)c2s1)c1ccccn1. The van der Waals surface area contributed by atoms with Crippen molar-refractivity contribution in [2.24, 2.45) is 0 Å². The van der Waals surface area contributed by atoms with Crippen molar-refractivity contribution in [1.82, 2.24) is 10.3 Å². The van der Waals surface area contributed by atoms with Crippen molar-refractivity contribution >= 4 is 27.3 Å². The number of pyridine rings is 1. The second kappa shape index (κ2) is 8.39. The Morgan fingerprint density at radius 2 is 1.84 bits per heavy atom. The van der Waals surface area contributed by atoms with Crippen LogP contribution in [0.4, 0.5) is 13.2 Å². The molecular weight excluding hydrogens is 425 g/mol. The van der Waals surface area contributed by atoms with Crippen LogP contribution in [0.5, 0.6) is 11.5 Å². The van der Waals surface area contributed by atoms with E-state index in [1.165, 1.54) is 23.5 Å². The number of carbonyl (C=O) groups excluding carboxylic acids is 1. The largest absolute Gasteiger partial charge is 0.456 e. The second-order valence-corrected chi connectivity index (χ2v) is 7.91. The first-order chi connectivity index (χ1) is 14.8. The molecule has 4 nitrogen and oxygen atoms in total. The number of hydrogen-bond donors (Lipinski definition) is 1. The Morgan fingerprint density at radius 1 is 1.06 bits per heavy atom. The molecule has 2 aromatic heterocycles. The van der Waals surface area contributed by atoms with E-state index in [9.17, 15) is 18.0 Å². The Balaban J connectivity index is 1.55. The van der Waals surface area contributed by atoms with E-state index in [1.807, 2.05) is 31.2 Å². The third-order valence-electron chi connectivity index (χ3n) is 4.62. The molecule has 0 aliphatic carbocycles. The molecule has 2 heterocycles. The average Bonchev–Trinajstić information content (AvgIpc) is 3.20. The van der Waals surface area contributed by atoms with Gasteiger partial charge in [-0.25, -0.2) is 0 Å². The molecule has 8 heteroatoms. The number of amides is 1. The number of halogens is 3. The molecule has 0 spiro atoms. The van der Waals surface area contributed by atoms with E-state index in [0.717, 1.165) is 27.9 Å². The Labute approximate surface area is 180 Å². The van der Waals surface area contributed by atoms with Gasteiger partial charge in [-0.1, -0.05) is 18.2 Å². The molecule has 31 heavy (non-hydrogen) atoms. The lowest BCUT2D eigenvalue weighted by molar-refractivity contribution is -0.137. The van der Waals surface area contributed by atoms with Crippen molar-refractivity contribution in [2.45, 2.75) is 19.1 Å². The first-order valence-electron chi connectivity index (χ1n) is 9.41. The van der Waals surface area contributed by atoms with E-state index in [-0.39, 0.29) is 17.7 Å². The molecule has 0 saturated carbocycles. The zero-order valence-electron chi connectivity index (χ0n) is 16.3. The summed E-state index contributed by atoms with van der Waals surface area (Å²) in [6.07, 6.45) is -2.73. The summed E-state index contributed by atoms with van der Waals surface area (Å²) in [5.74, 6) is 0.516. The maximum absolute atomic E-state index is 12.8. The van der Waals surface area contributed by atoms with Gasteiger partial charge in [-0.3, -0.25) is 9.78 Å². The summed E-state index contributed by atoms with van der Waals surface area (Å²) in [4.78, 5) is 17.5. The molecule has 0 fully saturated rings. The van der Waals surface area contributed by atoms with Crippen LogP contribution >= 0.6 is 11.3 Å². The summed E-state index contributed by atoms with van der Waals surface area (Å²) in [6, 6.07) is 16.8. The highest BCUT2D eigenvalue weighted by molar-refractivity contribution is 7.21. The first-order valence-corrected chi connectivity index (χ1v) is 10.2. The van der Waals surface area contributed by atoms with E-state index in [0.29, 0.717) is 10.6 Å². The van der Waals surface area contributed by atoms with Crippen molar-refractivity contribution in [1.29, 1.82) is 0 Å². The number of aromatic nitrogens is 1. The summed E-state index contributed by atoms with van der Waals surface area (Å²) < 4.78 is 44.8. The summed E-state index contributed by atoms with van der Waals surface area (Å²) >= 11 is 1.26. The van der Waals surface area contributed by atoms with E-state index in [1.54, 1.807) is 24.4 Å². The van der Waals surface area contributed by atoms with Crippen LogP contribution in [0.25, 0.3) is 10.1 Å². The Bertz CT molecular complexity index is 1210. The lowest BCUT2D eigenvalue weighted by atomic mass is 10.2. The molecule has 0 aliphatic heterocycles. The minimum atomic E-state index is -4.40. The van der Waals surface area contributed by atoms with Crippen LogP contribution in [0, 0.1) is 0 Å². The van der Waals surface area contributed by atoms with Crippen LogP contribution < -0.4 is 10.1 Å². The highest BCUT2D eigenvalue weighted by atomic mass is 32.1. The number of nitrogens with zero attached hydrogens (tertiary/aromatic N) is 1. The van der Waals surface area contributed by atoms with E-state index >= 15 is 0 Å². The van der Waals surface area contributed by atoms with Gasteiger partial charge in [-0.15, -0.1) is 11.3 Å². The van der Waals surface area contributed by atoms with Crippen LogP contribution in [0.1, 0.15) is 33.9 Å². The van der Waals surface area contributed by atoms with Gasteiger partial charge in [-0.05, 0) is 60.8 Å². The topological polar surface area (TPSA) is 51.2 Å². The van der Waals surface area contributed by atoms with Crippen molar-refractivity contribution < 1.29 is 22.7 Å². The van der Waals surface area contributed by atoms with Gasteiger partial charge in [0, 0.05) is 6.20 Å². The minimum absolute atomic E-state index is 0.236. The standard InChI is InChI=1S/C23H17F3N2O2S/c1-14(18-6-2-3-12-27-18)28-22(29)20-13-15-5-4-7-19(21(15)31-20)30-17-10-8-16(9-11-17)23(24,25)26/h2-14H,1H3,(H,28,29). The molecule has 2 aromatic carbocycles. The molecule has 0 aliphatic rings. The molecule has 1 amide bonds. The molecule has 0 bridgehead atoms. The van der Waals surface area contributed by atoms with Gasteiger partial charge >= 0.3 is 6.18 Å².